The Morgan fingerprint density at radius 2 is 1.67 bits per heavy atom. The maximum atomic E-state index is 11.6. The van der Waals surface area contributed by atoms with E-state index in [2.05, 4.69) is 0 Å². The zero-order valence-corrected chi connectivity index (χ0v) is 11.8. The zero-order valence-electron chi connectivity index (χ0n) is 11.8. The van der Waals surface area contributed by atoms with Crippen LogP contribution < -0.4 is 0 Å². The van der Waals surface area contributed by atoms with Gasteiger partial charge in [-0.2, -0.15) is 0 Å². The van der Waals surface area contributed by atoms with Gasteiger partial charge in [0.25, 0.3) is 0 Å². The summed E-state index contributed by atoms with van der Waals surface area (Å²) in [5, 5.41) is 0. The topological polar surface area (TPSA) is 43.4 Å². The van der Waals surface area contributed by atoms with E-state index in [0.717, 1.165) is 11.1 Å². The summed E-state index contributed by atoms with van der Waals surface area (Å²) in [5.74, 6) is -0.373. The molecular formula is C18H16O3. The third kappa shape index (κ3) is 4.73. The molecule has 0 unspecified atom stereocenters. The second-order valence-electron chi connectivity index (χ2n) is 4.60. The van der Waals surface area contributed by atoms with Crippen molar-refractivity contribution in [3.8, 4) is 0 Å². The van der Waals surface area contributed by atoms with Crippen LogP contribution in [0.2, 0.25) is 0 Å². The molecule has 0 aromatic heterocycles. The first-order valence-electron chi connectivity index (χ1n) is 6.65. The van der Waals surface area contributed by atoms with E-state index in [1.165, 1.54) is 13.0 Å². The van der Waals surface area contributed by atoms with Gasteiger partial charge >= 0.3 is 5.97 Å². The van der Waals surface area contributed by atoms with Crippen molar-refractivity contribution in [2.24, 2.45) is 0 Å². The first kappa shape index (κ1) is 14.7. The Morgan fingerprint density at radius 1 is 1.00 bits per heavy atom. The minimum atomic E-state index is -0.394. The molecule has 0 bridgehead atoms. The Bertz CT molecular complexity index is 640. The summed E-state index contributed by atoms with van der Waals surface area (Å²) in [7, 11) is 0. The van der Waals surface area contributed by atoms with Gasteiger partial charge in [0, 0.05) is 11.6 Å². The van der Waals surface area contributed by atoms with Crippen molar-refractivity contribution in [2.75, 3.05) is 0 Å². The maximum absolute atomic E-state index is 11.6. The SMILES string of the molecule is CC(=O)c1ccc(/C=C/C(=O)OCc2ccccc2)cc1. The molecule has 0 spiro atoms. The third-order valence-electron chi connectivity index (χ3n) is 2.95. The number of rotatable bonds is 5. The Kier molecular flexibility index (Phi) is 5.04. The molecule has 3 heteroatoms. The summed E-state index contributed by atoms with van der Waals surface area (Å²) in [6.07, 6.45) is 3.04. The molecule has 0 heterocycles. The van der Waals surface area contributed by atoms with Crippen LogP contribution in [0, 0.1) is 0 Å². The molecule has 0 aliphatic heterocycles. The summed E-state index contributed by atoms with van der Waals surface area (Å²) in [5.41, 5.74) is 2.44. The highest BCUT2D eigenvalue weighted by Gasteiger charge is 2.00. The number of esters is 1. The molecule has 0 N–H and O–H groups in total. The molecule has 0 atom stereocenters. The molecule has 0 radical (unpaired) electrons. The van der Waals surface area contributed by atoms with E-state index in [4.69, 9.17) is 4.74 Å². The third-order valence-corrected chi connectivity index (χ3v) is 2.95. The van der Waals surface area contributed by atoms with Crippen molar-refractivity contribution in [1.82, 2.24) is 0 Å². The Morgan fingerprint density at radius 3 is 2.29 bits per heavy atom. The number of ketones is 1. The number of benzene rings is 2. The summed E-state index contributed by atoms with van der Waals surface area (Å²) in [6.45, 7) is 1.78. The molecule has 21 heavy (non-hydrogen) atoms. The average molecular weight is 280 g/mol. The molecule has 0 saturated heterocycles. The van der Waals surface area contributed by atoms with Crippen LogP contribution in [-0.2, 0) is 16.1 Å². The number of hydrogen-bond acceptors (Lipinski definition) is 3. The van der Waals surface area contributed by atoms with Gasteiger partial charge in [0.2, 0.25) is 0 Å². The van der Waals surface area contributed by atoms with Crippen LogP contribution in [0.4, 0.5) is 0 Å². The van der Waals surface area contributed by atoms with Crippen LogP contribution in [0.5, 0.6) is 0 Å². The molecule has 0 amide bonds. The number of ether oxygens (including phenoxy) is 1. The largest absolute Gasteiger partial charge is 0.458 e. The molecule has 0 saturated carbocycles. The molecule has 2 rings (SSSR count). The van der Waals surface area contributed by atoms with Gasteiger partial charge in [-0.05, 0) is 24.1 Å². The predicted octanol–water partition coefficient (Wildman–Crippen LogP) is 3.65. The van der Waals surface area contributed by atoms with Crippen molar-refractivity contribution < 1.29 is 14.3 Å². The number of carbonyl (C=O) groups excluding carboxylic acids is 2. The second kappa shape index (κ2) is 7.20. The van der Waals surface area contributed by atoms with Gasteiger partial charge in [-0.25, -0.2) is 4.79 Å². The molecule has 2 aromatic carbocycles. The lowest BCUT2D eigenvalue weighted by atomic mass is 10.1. The number of hydrogen-bond donors (Lipinski definition) is 0. The lowest BCUT2D eigenvalue weighted by Crippen LogP contribution is -2.00. The van der Waals surface area contributed by atoms with E-state index in [-0.39, 0.29) is 12.4 Å². The van der Waals surface area contributed by atoms with Crippen LogP contribution in [-0.4, -0.2) is 11.8 Å². The van der Waals surface area contributed by atoms with E-state index in [0.29, 0.717) is 5.56 Å². The fourth-order valence-corrected chi connectivity index (χ4v) is 1.77. The predicted molar refractivity (Wildman–Crippen MR) is 81.7 cm³/mol. The van der Waals surface area contributed by atoms with Gasteiger partial charge in [-0.3, -0.25) is 4.79 Å². The van der Waals surface area contributed by atoms with E-state index in [1.54, 1.807) is 30.3 Å². The van der Waals surface area contributed by atoms with Gasteiger partial charge in [0.15, 0.2) is 5.78 Å². The summed E-state index contributed by atoms with van der Waals surface area (Å²) in [4.78, 5) is 22.8. The highest BCUT2D eigenvalue weighted by molar-refractivity contribution is 5.94. The first-order chi connectivity index (χ1) is 10.1. The van der Waals surface area contributed by atoms with Gasteiger partial charge in [0.1, 0.15) is 6.61 Å². The smallest absolute Gasteiger partial charge is 0.331 e. The standard InChI is InChI=1S/C18H16O3/c1-14(19)17-10-7-15(8-11-17)9-12-18(20)21-13-16-5-3-2-4-6-16/h2-12H,13H2,1H3/b12-9+. The minimum Gasteiger partial charge on any atom is -0.458 e. The van der Waals surface area contributed by atoms with Crippen molar-refractivity contribution in [1.29, 1.82) is 0 Å². The summed E-state index contributed by atoms with van der Waals surface area (Å²) < 4.78 is 5.13. The number of Topliss-reactive ketones (excluding diaryl/α,β-unsaturated/α-hetero) is 1. The fourth-order valence-electron chi connectivity index (χ4n) is 1.77. The Hall–Kier alpha value is -2.68. The zero-order chi connectivity index (χ0) is 15.1. The highest BCUT2D eigenvalue weighted by atomic mass is 16.5. The van der Waals surface area contributed by atoms with Crippen molar-refractivity contribution in [3.05, 3.63) is 77.4 Å². The van der Waals surface area contributed by atoms with Crippen molar-refractivity contribution in [2.45, 2.75) is 13.5 Å². The molecule has 2 aromatic rings. The van der Waals surface area contributed by atoms with Crippen LogP contribution in [0.1, 0.15) is 28.4 Å². The molecular weight excluding hydrogens is 264 g/mol. The average Bonchev–Trinajstić information content (AvgIpc) is 2.52. The van der Waals surface area contributed by atoms with Gasteiger partial charge < -0.3 is 4.74 Å². The Balaban J connectivity index is 1.88. The van der Waals surface area contributed by atoms with Crippen LogP contribution in [0.25, 0.3) is 6.08 Å². The highest BCUT2D eigenvalue weighted by Crippen LogP contribution is 2.07. The second-order valence-corrected chi connectivity index (χ2v) is 4.60. The fraction of sp³-hybridized carbons (Fsp3) is 0.111. The van der Waals surface area contributed by atoms with Crippen LogP contribution >= 0.6 is 0 Å². The van der Waals surface area contributed by atoms with Crippen LogP contribution in [0.3, 0.4) is 0 Å². The molecule has 0 aliphatic carbocycles. The van der Waals surface area contributed by atoms with Gasteiger partial charge in [-0.1, -0.05) is 54.6 Å². The quantitative estimate of drug-likeness (QED) is 0.477. The summed E-state index contributed by atoms with van der Waals surface area (Å²) >= 11 is 0. The normalized spacial score (nSPS) is 10.5. The van der Waals surface area contributed by atoms with Crippen molar-refractivity contribution in [3.63, 3.8) is 0 Å². The first-order valence-corrected chi connectivity index (χ1v) is 6.65. The molecule has 106 valence electrons. The molecule has 0 aliphatic rings. The van der Waals surface area contributed by atoms with E-state index in [9.17, 15) is 9.59 Å². The lowest BCUT2D eigenvalue weighted by Gasteiger charge is -2.01. The van der Waals surface area contributed by atoms with Gasteiger partial charge in [0.05, 0.1) is 0 Å². The molecule has 3 nitrogen and oxygen atoms in total. The summed E-state index contributed by atoms with van der Waals surface area (Å²) in [6, 6.07) is 16.6. The maximum Gasteiger partial charge on any atom is 0.331 e. The lowest BCUT2D eigenvalue weighted by molar-refractivity contribution is -0.138. The minimum absolute atomic E-state index is 0.0211. The van der Waals surface area contributed by atoms with Crippen LogP contribution in [0.15, 0.2) is 60.7 Å². The van der Waals surface area contributed by atoms with E-state index >= 15 is 0 Å². The van der Waals surface area contributed by atoms with E-state index in [1.807, 2.05) is 30.3 Å². The Labute approximate surface area is 123 Å². The van der Waals surface area contributed by atoms with Gasteiger partial charge in [-0.15, -0.1) is 0 Å². The van der Waals surface area contributed by atoms with E-state index < -0.39 is 5.97 Å². The monoisotopic (exact) mass is 280 g/mol. The molecule has 0 fully saturated rings. The van der Waals surface area contributed by atoms with Crippen molar-refractivity contribution >= 4 is 17.8 Å². The number of carbonyl (C=O) groups is 2.